The third kappa shape index (κ3) is 3.30. The van der Waals surface area contributed by atoms with Crippen LogP contribution in [0.4, 0.5) is 0 Å². The predicted molar refractivity (Wildman–Crippen MR) is 89.7 cm³/mol. The van der Waals surface area contributed by atoms with E-state index in [0.29, 0.717) is 10.9 Å². The maximum atomic E-state index is 12.5. The number of hydrogen-bond acceptors (Lipinski definition) is 4. The Bertz CT molecular complexity index is 737. The molecule has 1 aliphatic rings. The number of thioether (sulfide) groups is 1. The van der Waals surface area contributed by atoms with Crippen LogP contribution in [0, 0.1) is 0 Å². The first-order chi connectivity index (χ1) is 10.8. The van der Waals surface area contributed by atoms with Crippen molar-refractivity contribution in [3.05, 3.63) is 58.0 Å². The van der Waals surface area contributed by atoms with Gasteiger partial charge in [0, 0.05) is 12.8 Å². The summed E-state index contributed by atoms with van der Waals surface area (Å²) in [5.74, 6) is 0.783. The molecule has 0 saturated heterocycles. The van der Waals surface area contributed by atoms with Gasteiger partial charge in [0.15, 0.2) is 10.9 Å². The molecule has 0 fully saturated rings. The van der Waals surface area contributed by atoms with Crippen LogP contribution in [0.15, 0.2) is 46.4 Å². The van der Waals surface area contributed by atoms with Gasteiger partial charge >= 0.3 is 0 Å². The molecule has 114 valence electrons. The average Bonchev–Trinajstić information content (AvgIpc) is 2.58. The first-order valence-corrected chi connectivity index (χ1v) is 8.54. The summed E-state index contributed by atoms with van der Waals surface area (Å²) in [6.07, 6.45) is 6.42. The molecular formula is C17H19N3OS. The van der Waals surface area contributed by atoms with Crippen LogP contribution in [0.2, 0.25) is 0 Å². The predicted octanol–water partition coefficient (Wildman–Crippen LogP) is 3.43. The zero-order valence-corrected chi connectivity index (χ0v) is 13.5. The Morgan fingerprint density at radius 1 is 1.18 bits per heavy atom. The van der Waals surface area contributed by atoms with Crippen molar-refractivity contribution in [2.24, 2.45) is 7.05 Å². The number of aromatic nitrogens is 3. The van der Waals surface area contributed by atoms with Crippen LogP contribution in [-0.4, -0.2) is 14.8 Å². The van der Waals surface area contributed by atoms with Crippen molar-refractivity contribution in [1.82, 2.24) is 14.8 Å². The molecule has 2 aromatic rings. The second-order valence-corrected chi connectivity index (χ2v) is 6.39. The molecule has 0 saturated carbocycles. The van der Waals surface area contributed by atoms with Gasteiger partial charge in [0.2, 0.25) is 0 Å². The second kappa shape index (κ2) is 6.92. The Morgan fingerprint density at radius 2 is 2.00 bits per heavy atom. The summed E-state index contributed by atoms with van der Waals surface area (Å²) >= 11 is 1.54. The Balaban J connectivity index is 1.81. The van der Waals surface area contributed by atoms with E-state index in [1.165, 1.54) is 23.7 Å². The highest BCUT2D eigenvalue weighted by atomic mass is 32.2. The largest absolute Gasteiger partial charge is 0.287 e. The molecule has 3 rings (SSSR count). The van der Waals surface area contributed by atoms with Crippen molar-refractivity contribution < 1.29 is 0 Å². The van der Waals surface area contributed by atoms with E-state index in [-0.39, 0.29) is 5.56 Å². The van der Waals surface area contributed by atoms with Gasteiger partial charge in [0.05, 0.1) is 0 Å². The minimum absolute atomic E-state index is 0.0429. The van der Waals surface area contributed by atoms with Gasteiger partial charge in [-0.2, -0.15) is 0 Å². The molecule has 1 aromatic carbocycles. The molecule has 0 radical (unpaired) electrons. The minimum atomic E-state index is -0.0429. The lowest BCUT2D eigenvalue weighted by molar-refractivity contribution is 0.648. The third-order valence-electron chi connectivity index (χ3n) is 3.84. The fraction of sp³-hybridized carbons (Fsp3) is 0.353. The van der Waals surface area contributed by atoms with E-state index >= 15 is 0 Å². The van der Waals surface area contributed by atoms with E-state index in [4.69, 9.17) is 0 Å². The highest BCUT2D eigenvalue weighted by molar-refractivity contribution is 7.98. The highest BCUT2D eigenvalue weighted by Gasteiger charge is 2.15. The van der Waals surface area contributed by atoms with E-state index in [0.717, 1.165) is 30.6 Å². The number of hydrogen-bond donors (Lipinski definition) is 0. The maximum Gasteiger partial charge on any atom is 0.280 e. The molecule has 5 heteroatoms. The van der Waals surface area contributed by atoms with Gasteiger partial charge in [-0.3, -0.25) is 9.36 Å². The molecule has 0 N–H and O–H groups in total. The van der Waals surface area contributed by atoms with Gasteiger partial charge in [-0.25, -0.2) is 0 Å². The summed E-state index contributed by atoms with van der Waals surface area (Å²) in [6, 6.07) is 10.2. The molecule has 4 nitrogen and oxygen atoms in total. The molecule has 0 spiro atoms. The van der Waals surface area contributed by atoms with E-state index in [2.05, 4.69) is 28.4 Å². The van der Waals surface area contributed by atoms with Crippen molar-refractivity contribution in [2.45, 2.75) is 36.6 Å². The molecule has 0 atom stereocenters. The molecule has 0 amide bonds. The highest BCUT2D eigenvalue weighted by Crippen LogP contribution is 2.24. The number of allylic oxidation sites excluding steroid dienone is 2. The van der Waals surface area contributed by atoms with Gasteiger partial charge in [-0.05, 0) is 36.8 Å². The lowest BCUT2D eigenvalue weighted by Gasteiger charge is -2.13. The monoisotopic (exact) mass is 313 g/mol. The molecule has 1 heterocycles. The first kappa shape index (κ1) is 15.0. The zero-order valence-electron chi connectivity index (χ0n) is 12.7. The Hall–Kier alpha value is -1.88. The van der Waals surface area contributed by atoms with Crippen LogP contribution in [-0.2, 0) is 12.8 Å². The van der Waals surface area contributed by atoms with Crippen LogP contribution < -0.4 is 5.56 Å². The van der Waals surface area contributed by atoms with Gasteiger partial charge in [-0.1, -0.05) is 48.2 Å². The third-order valence-corrected chi connectivity index (χ3v) is 4.93. The molecule has 1 aromatic heterocycles. The normalized spacial score (nSPS) is 14.7. The van der Waals surface area contributed by atoms with Gasteiger partial charge in [-0.15, -0.1) is 10.2 Å². The summed E-state index contributed by atoms with van der Waals surface area (Å²) in [5.41, 5.74) is 2.74. The van der Waals surface area contributed by atoms with Crippen molar-refractivity contribution in [3.63, 3.8) is 0 Å². The molecule has 22 heavy (non-hydrogen) atoms. The quantitative estimate of drug-likeness (QED) is 0.811. The van der Waals surface area contributed by atoms with Gasteiger partial charge in [0.1, 0.15) is 0 Å². The van der Waals surface area contributed by atoms with Crippen LogP contribution >= 0.6 is 11.8 Å². The molecule has 1 aliphatic carbocycles. The van der Waals surface area contributed by atoms with Crippen molar-refractivity contribution in [2.75, 3.05) is 0 Å². The molecule has 0 aliphatic heterocycles. The summed E-state index contributed by atoms with van der Waals surface area (Å²) in [6.45, 7) is 0. The van der Waals surface area contributed by atoms with E-state index < -0.39 is 0 Å². The van der Waals surface area contributed by atoms with Crippen LogP contribution in [0.25, 0.3) is 5.57 Å². The minimum Gasteiger partial charge on any atom is -0.287 e. The first-order valence-electron chi connectivity index (χ1n) is 7.55. The van der Waals surface area contributed by atoms with Gasteiger partial charge < -0.3 is 0 Å². The van der Waals surface area contributed by atoms with Crippen molar-refractivity contribution in [1.29, 1.82) is 0 Å². The van der Waals surface area contributed by atoms with Crippen LogP contribution in [0.3, 0.4) is 0 Å². The van der Waals surface area contributed by atoms with E-state index in [1.54, 1.807) is 11.6 Å². The summed E-state index contributed by atoms with van der Waals surface area (Å²) in [7, 11) is 1.78. The SMILES string of the molecule is Cn1c(SCc2ccccc2)nnc(C2=CCCCC2)c1=O. The fourth-order valence-corrected chi connectivity index (χ4v) is 3.41. The van der Waals surface area contributed by atoms with Gasteiger partial charge in [0.25, 0.3) is 5.56 Å². The standard InChI is InChI=1S/C17H19N3OS/c1-20-16(21)15(14-10-6-3-7-11-14)18-19-17(20)22-12-13-8-4-2-5-9-13/h2,4-5,8-10H,3,6-7,11-12H2,1H3. The van der Waals surface area contributed by atoms with Crippen molar-refractivity contribution in [3.8, 4) is 0 Å². The number of benzene rings is 1. The Kier molecular flexibility index (Phi) is 4.73. The summed E-state index contributed by atoms with van der Waals surface area (Å²) in [5, 5.41) is 9.13. The van der Waals surface area contributed by atoms with Crippen molar-refractivity contribution >= 4 is 17.3 Å². The van der Waals surface area contributed by atoms with Crippen LogP contribution in [0.1, 0.15) is 36.9 Å². The number of rotatable bonds is 4. The van der Waals surface area contributed by atoms with E-state index in [9.17, 15) is 4.79 Å². The Morgan fingerprint density at radius 3 is 2.73 bits per heavy atom. The molecular weight excluding hydrogens is 294 g/mol. The number of nitrogens with zero attached hydrogens (tertiary/aromatic N) is 3. The summed E-state index contributed by atoms with van der Waals surface area (Å²) < 4.78 is 1.62. The lowest BCUT2D eigenvalue weighted by Crippen LogP contribution is -2.25. The molecule has 0 bridgehead atoms. The maximum absolute atomic E-state index is 12.5. The molecule has 0 unspecified atom stereocenters. The zero-order chi connectivity index (χ0) is 15.4. The second-order valence-electron chi connectivity index (χ2n) is 5.44. The van der Waals surface area contributed by atoms with Crippen LogP contribution in [0.5, 0.6) is 0 Å². The summed E-state index contributed by atoms with van der Waals surface area (Å²) in [4.78, 5) is 12.5. The topological polar surface area (TPSA) is 47.8 Å². The Labute approximate surface area is 134 Å². The average molecular weight is 313 g/mol. The van der Waals surface area contributed by atoms with E-state index in [1.807, 2.05) is 18.2 Å². The fourth-order valence-electron chi connectivity index (χ4n) is 2.55. The lowest BCUT2D eigenvalue weighted by atomic mass is 9.97. The smallest absolute Gasteiger partial charge is 0.280 e.